The van der Waals surface area contributed by atoms with Gasteiger partial charge in [0, 0.05) is 30.8 Å². The summed E-state index contributed by atoms with van der Waals surface area (Å²) in [6, 6.07) is 14.4. The van der Waals surface area contributed by atoms with Crippen molar-refractivity contribution in [1.82, 2.24) is 14.6 Å². The second kappa shape index (κ2) is 16.8. The van der Waals surface area contributed by atoms with Gasteiger partial charge in [-0.3, -0.25) is 9.88 Å². The van der Waals surface area contributed by atoms with Crippen molar-refractivity contribution in [1.29, 1.82) is 0 Å². The number of rotatable bonds is 17. The number of sulfonamides is 1. The van der Waals surface area contributed by atoms with Gasteiger partial charge in [-0.05, 0) is 110 Å². The molecule has 3 aromatic carbocycles. The van der Waals surface area contributed by atoms with Crippen molar-refractivity contribution in [2.24, 2.45) is 17.3 Å². The second-order valence-corrected chi connectivity index (χ2v) is 18.0. The molecule has 4 heterocycles. The summed E-state index contributed by atoms with van der Waals surface area (Å²) in [6.45, 7) is -0.362. The number of halogens is 4. The molecule has 2 bridgehead atoms. The van der Waals surface area contributed by atoms with E-state index in [1.807, 2.05) is 0 Å². The van der Waals surface area contributed by atoms with Crippen LogP contribution in [0.5, 0.6) is 17.2 Å². The fourth-order valence-electron chi connectivity index (χ4n) is 7.86. The Morgan fingerprint density at radius 1 is 0.966 bits per heavy atom. The lowest BCUT2D eigenvalue weighted by atomic mass is 9.86. The first kappa shape index (κ1) is 41.2. The SMILES string of the molecule is COc1ccc(C(NS(=O)(=O)c2cccc(C(=O)O[C@@H](Cc3c(Cl)cncc3Cl)c3ccc(OC(F)F)c(OCC45CC4C5)c3)c2)C(=O)O[C@H]2CN3CCC2CC3)cc1. The summed E-state index contributed by atoms with van der Waals surface area (Å²) >= 11 is 12.9. The van der Waals surface area contributed by atoms with Gasteiger partial charge in [0.2, 0.25) is 10.0 Å². The Kier molecular flexibility index (Phi) is 11.8. The van der Waals surface area contributed by atoms with Gasteiger partial charge in [-0.25, -0.2) is 18.0 Å². The molecule has 17 heteroatoms. The number of hydrogen-bond acceptors (Lipinski definition) is 11. The summed E-state index contributed by atoms with van der Waals surface area (Å²) in [5, 5.41) is 0.385. The standard InChI is InChI=1S/C42H41Cl2F2N3O9S/c1-54-29-8-5-25(6-9-29)38(40(51)57-37-22-49-13-11-24(37)12-14-49)48-59(52,53)30-4-2-3-27(15-30)39(50)56-35(17-31-32(43)20-47-21-33(31)44)26-7-10-34(58-41(45)46)36(16-26)55-23-42-18-28(42)19-42/h2-10,15-16,20-21,24,28,35,37-38,41,48H,11-14,17-19,22-23H2,1H3/t28?,35-,37-,38?,42?/m0/s1. The van der Waals surface area contributed by atoms with Gasteiger partial charge in [-0.1, -0.05) is 47.5 Å². The minimum absolute atomic E-state index is 0.0419. The van der Waals surface area contributed by atoms with Crippen molar-refractivity contribution in [2.45, 2.75) is 61.9 Å². The van der Waals surface area contributed by atoms with Gasteiger partial charge >= 0.3 is 18.6 Å². The number of nitrogens with zero attached hydrogens (tertiary/aromatic N) is 2. The lowest BCUT2D eigenvalue weighted by Crippen LogP contribution is -2.52. The van der Waals surface area contributed by atoms with Gasteiger partial charge in [0.15, 0.2) is 11.5 Å². The first-order valence-corrected chi connectivity index (χ1v) is 21.4. The molecule has 2 saturated carbocycles. The monoisotopic (exact) mass is 871 g/mol. The van der Waals surface area contributed by atoms with Crippen LogP contribution in [-0.2, 0) is 30.7 Å². The van der Waals surface area contributed by atoms with E-state index in [1.54, 1.807) is 24.3 Å². The number of ether oxygens (including phenoxy) is 5. The molecule has 2 aliphatic carbocycles. The number of aromatic nitrogens is 1. The number of benzene rings is 3. The van der Waals surface area contributed by atoms with Crippen molar-refractivity contribution in [3.63, 3.8) is 0 Å². The molecule has 0 radical (unpaired) electrons. The van der Waals surface area contributed by atoms with E-state index in [0.29, 0.717) is 41.5 Å². The zero-order valence-electron chi connectivity index (χ0n) is 31.8. The van der Waals surface area contributed by atoms with Crippen LogP contribution in [0.1, 0.15) is 64.9 Å². The zero-order chi connectivity index (χ0) is 41.5. The highest BCUT2D eigenvalue weighted by molar-refractivity contribution is 7.89. The number of nitrogens with one attached hydrogen (secondary N) is 1. The van der Waals surface area contributed by atoms with Gasteiger partial charge in [0.05, 0.1) is 34.2 Å². The fraction of sp³-hybridized carbons (Fsp3) is 0.405. The fourth-order valence-corrected chi connectivity index (χ4v) is 9.60. The molecule has 5 fully saturated rings. The van der Waals surface area contributed by atoms with E-state index in [9.17, 15) is 26.8 Å². The molecule has 59 heavy (non-hydrogen) atoms. The summed E-state index contributed by atoms with van der Waals surface area (Å²) in [5.74, 6) is -0.558. The largest absolute Gasteiger partial charge is 0.497 e. The molecule has 3 atom stereocenters. The van der Waals surface area contributed by atoms with Crippen LogP contribution in [0.25, 0.3) is 0 Å². The van der Waals surface area contributed by atoms with Crippen LogP contribution in [0.15, 0.2) is 84.0 Å². The first-order valence-electron chi connectivity index (χ1n) is 19.2. The van der Waals surface area contributed by atoms with Crippen LogP contribution in [0, 0.1) is 17.3 Å². The molecule has 5 aliphatic rings. The van der Waals surface area contributed by atoms with Gasteiger partial charge in [0.1, 0.15) is 24.0 Å². The smallest absolute Gasteiger partial charge is 0.387 e. The maximum absolute atomic E-state index is 14.1. The lowest BCUT2D eigenvalue weighted by Gasteiger charge is -2.44. The van der Waals surface area contributed by atoms with Crippen molar-refractivity contribution < 1.29 is 50.5 Å². The molecule has 312 valence electrons. The normalized spacial score (nSPS) is 23.8. The topological polar surface area (TPSA) is 143 Å². The van der Waals surface area contributed by atoms with Crippen LogP contribution in [0.4, 0.5) is 8.78 Å². The molecular formula is C42H41Cl2F2N3O9S. The Bertz CT molecular complexity index is 2300. The third-order valence-corrected chi connectivity index (χ3v) is 13.8. The number of carbonyl (C=O) groups excluding carboxylic acids is 2. The predicted octanol–water partition coefficient (Wildman–Crippen LogP) is 7.59. The van der Waals surface area contributed by atoms with Crippen molar-refractivity contribution >= 4 is 45.2 Å². The third kappa shape index (κ3) is 9.29. The molecule has 1 N–H and O–H groups in total. The van der Waals surface area contributed by atoms with Crippen LogP contribution >= 0.6 is 23.2 Å². The number of pyridine rings is 1. The Balaban J connectivity index is 1.05. The summed E-state index contributed by atoms with van der Waals surface area (Å²) < 4.78 is 85.5. The summed E-state index contributed by atoms with van der Waals surface area (Å²) in [6.07, 6.45) is 4.97. The number of piperidine rings is 3. The quantitative estimate of drug-likeness (QED) is 0.105. The summed E-state index contributed by atoms with van der Waals surface area (Å²) in [5.41, 5.74) is 0.986. The van der Waals surface area contributed by atoms with Gasteiger partial charge in [-0.2, -0.15) is 13.5 Å². The average molecular weight is 873 g/mol. The molecule has 1 aromatic heterocycles. The predicted molar refractivity (Wildman–Crippen MR) is 211 cm³/mol. The van der Waals surface area contributed by atoms with E-state index >= 15 is 0 Å². The van der Waals surface area contributed by atoms with Gasteiger partial charge < -0.3 is 23.7 Å². The molecule has 1 unspecified atom stereocenters. The minimum Gasteiger partial charge on any atom is -0.497 e. The van der Waals surface area contributed by atoms with Crippen LogP contribution in [-0.4, -0.2) is 76.3 Å². The molecule has 9 rings (SSSR count). The Morgan fingerprint density at radius 3 is 2.29 bits per heavy atom. The highest BCUT2D eigenvalue weighted by atomic mass is 35.5. The molecular weight excluding hydrogens is 831 g/mol. The van der Waals surface area contributed by atoms with E-state index in [0.717, 1.165) is 44.8 Å². The Morgan fingerprint density at radius 2 is 1.66 bits per heavy atom. The molecule has 3 aliphatic heterocycles. The minimum atomic E-state index is -4.48. The van der Waals surface area contributed by atoms with Gasteiger partial charge in [0.25, 0.3) is 0 Å². The van der Waals surface area contributed by atoms with Crippen molar-refractivity contribution in [3.05, 3.63) is 111 Å². The Labute approximate surface area is 350 Å². The van der Waals surface area contributed by atoms with E-state index in [2.05, 4.69) is 14.6 Å². The molecule has 3 saturated heterocycles. The molecule has 0 amide bonds. The second-order valence-electron chi connectivity index (χ2n) is 15.5. The van der Waals surface area contributed by atoms with Crippen LogP contribution in [0.3, 0.4) is 0 Å². The van der Waals surface area contributed by atoms with E-state index in [4.69, 9.17) is 46.9 Å². The van der Waals surface area contributed by atoms with Crippen molar-refractivity contribution in [2.75, 3.05) is 33.4 Å². The third-order valence-electron chi connectivity index (χ3n) is 11.7. The average Bonchev–Trinajstić information content (AvgIpc) is 4.12. The van der Waals surface area contributed by atoms with Crippen LogP contribution in [0.2, 0.25) is 10.0 Å². The number of carbonyl (C=O) groups is 2. The molecule has 0 spiro atoms. The number of methoxy groups -OCH3 is 1. The highest BCUT2D eigenvalue weighted by Crippen LogP contribution is 2.75. The Hall–Kier alpha value is -4.54. The summed E-state index contributed by atoms with van der Waals surface area (Å²) in [4.78, 5) is 33.7. The number of fused-ring (bicyclic) bond motifs is 4. The van der Waals surface area contributed by atoms with E-state index in [-0.39, 0.29) is 55.9 Å². The molecule has 12 nitrogen and oxygen atoms in total. The zero-order valence-corrected chi connectivity index (χ0v) is 34.2. The number of alkyl halides is 2. The summed E-state index contributed by atoms with van der Waals surface area (Å²) in [7, 11) is -2.99. The van der Waals surface area contributed by atoms with E-state index < -0.39 is 40.7 Å². The maximum Gasteiger partial charge on any atom is 0.387 e. The van der Waals surface area contributed by atoms with Gasteiger partial charge in [-0.15, -0.1) is 0 Å². The highest BCUT2D eigenvalue weighted by Gasteiger charge is 2.70. The number of esters is 2. The first-order chi connectivity index (χ1) is 28.3. The molecule has 4 aromatic rings. The van der Waals surface area contributed by atoms with Crippen molar-refractivity contribution in [3.8, 4) is 17.2 Å². The maximum atomic E-state index is 14.1. The lowest BCUT2D eigenvalue weighted by molar-refractivity contribution is -0.161. The number of hydrogen-bond donors (Lipinski definition) is 1. The van der Waals surface area contributed by atoms with Crippen LogP contribution < -0.4 is 18.9 Å². The van der Waals surface area contributed by atoms with E-state index in [1.165, 1.54) is 55.9 Å².